The van der Waals surface area contributed by atoms with Gasteiger partial charge in [0.1, 0.15) is 23.4 Å². The van der Waals surface area contributed by atoms with Gasteiger partial charge in [-0.2, -0.15) is 0 Å². The van der Waals surface area contributed by atoms with E-state index in [-0.39, 0.29) is 17.8 Å². The number of furan rings is 1. The van der Waals surface area contributed by atoms with Crippen LogP contribution in [-0.4, -0.2) is 18.6 Å². The summed E-state index contributed by atoms with van der Waals surface area (Å²) in [6.45, 7) is 0.516. The molecule has 0 radical (unpaired) electrons. The Morgan fingerprint density at radius 1 is 1.25 bits per heavy atom. The Kier molecular flexibility index (Phi) is 5.31. The fraction of sp³-hybridized carbons (Fsp3) is 0.316. The summed E-state index contributed by atoms with van der Waals surface area (Å²) in [5.74, 6) is 0.779. The third kappa shape index (κ3) is 4.25. The number of aryl methyl sites for hydroxylation is 1. The number of nitrogens with one attached hydrogen (secondary N) is 1. The second-order valence-corrected chi connectivity index (χ2v) is 5.76. The summed E-state index contributed by atoms with van der Waals surface area (Å²) in [4.78, 5) is 11.9. The van der Waals surface area contributed by atoms with Gasteiger partial charge >= 0.3 is 0 Å². The molecule has 1 aromatic carbocycles. The molecule has 5 heteroatoms. The van der Waals surface area contributed by atoms with E-state index in [1.165, 1.54) is 6.07 Å². The summed E-state index contributed by atoms with van der Waals surface area (Å²) in [6, 6.07) is 9.98. The molecular formula is C19H20FNO3. The van der Waals surface area contributed by atoms with Crippen LogP contribution in [0.1, 0.15) is 25.0 Å². The molecule has 4 nitrogen and oxygen atoms in total. The second kappa shape index (κ2) is 7.81. The van der Waals surface area contributed by atoms with Crippen molar-refractivity contribution in [2.45, 2.75) is 31.8 Å². The van der Waals surface area contributed by atoms with Gasteiger partial charge in [-0.05, 0) is 43.2 Å². The monoisotopic (exact) mass is 329 g/mol. The van der Waals surface area contributed by atoms with Gasteiger partial charge in [0.15, 0.2) is 0 Å². The molecule has 0 bridgehead atoms. The number of benzene rings is 1. The van der Waals surface area contributed by atoms with Crippen molar-refractivity contribution in [1.82, 2.24) is 5.32 Å². The van der Waals surface area contributed by atoms with Gasteiger partial charge in [0.25, 0.3) is 0 Å². The summed E-state index contributed by atoms with van der Waals surface area (Å²) in [6.07, 6.45) is 6.41. The largest absolute Gasteiger partial charge is 0.497 e. The van der Waals surface area contributed by atoms with E-state index in [0.717, 1.165) is 12.8 Å². The van der Waals surface area contributed by atoms with Crippen molar-refractivity contribution in [3.63, 3.8) is 0 Å². The first-order valence-corrected chi connectivity index (χ1v) is 8.13. The van der Waals surface area contributed by atoms with Crippen molar-refractivity contribution < 1.29 is 18.3 Å². The Morgan fingerprint density at radius 2 is 2.12 bits per heavy atom. The van der Waals surface area contributed by atoms with Crippen molar-refractivity contribution in [1.29, 1.82) is 0 Å². The molecule has 126 valence electrons. The standard InChI is InChI=1S/C19H20FNO3/c20-17-7-2-1-6-16(17)18-10-8-14(24-18)9-11-19(22)21-13-15-5-3-4-12-23-15/h1-2,4,6-8,10,12,15H,3,5,9,11,13H2,(H,21,22). The quantitative estimate of drug-likeness (QED) is 0.876. The number of ether oxygens (including phenoxy) is 1. The maximum absolute atomic E-state index is 13.7. The topological polar surface area (TPSA) is 51.5 Å². The highest BCUT2D eigenvalue weighted by Gasteiger charge is 2.13. The first kappa shape index (κ1) is 16.3. The highest BCUT2D eigenvalue weighted by atomic mass is 19.1. The van der Waals surface area contributed by atoms with Gasteiger partial charge in [-0.25, -0.2) is 4.39 Å². The molecule has 0 saturated heterocycles. The second-order valence-electron chi connectivity index (χ2n) is 5.76. The lowest BCUT2D eigenvalue weighted by Gasteiger charge is -2.19. The molecule has 1 unspecified atom stereocenters. The van der Waals surface area contributed by atoms with Crippen molar-refractivity contribution in [3.8, 4) is 11.3 Å². The summed E-state index contributed by atoms with van der Waals surface area (Å²) >= 11 is 0. The molecule has 1 aliphatic rings. The van der Waals surface area contributed by atoms with E-state index in [1.54, 1.807) is 36.6 Å². The summed E-state index contributed by atoms with van der Waals surface area (Å²) in [7, 11) is 0. The summed E-state index contributed by atoms with van der Waals surface area (Å²) in [5.41, 5.74) is 0.427. The smallest absolute Gasteiger partial charge is 0.220 e. The zero-order valence-corrected chi connectivity index (χ0v) is 13.3. The first-order valence-electron chi connectivity index (χ1n) is 8.13. The van der Waals surface area contributed by atoms with Gasteiger partial charge in [0.2, 0.25) is 5.91 Å². The fourth-order valence-corrected chi connectivity index (χ4v) is 2.61. The molecule has 1 N–H and O–H groups in total. The van der Waals surface area contributed by atoms with Crippen molar-refractivity contribution in [3.05, 3.63) is 60.3 Å². The number of rotatable bonds is 6. The van der Waals surface area contributed by atoms with Crippen LogP contribution in [0.3, 0.4) is 0 Å². The summed E-state index contributed by atoms with van der Waals surface area (Å²) in [5, 5.41) is 2.87. The molecule has 1 aromatic heterocycles. The predicted octanol–water partition coefficient (Wildman–Crippen LogP) is 3.83. The van der Waals surface area contributed by atoms with Crippen molar-refractivity contribution in [2.75, 3.05) is 6.54 Å². The van der Waals surface area contributed by atoms with Crippen molar-refractivity contribution >= 4 is 5.91 Å². The molecule has 0 saturated carbocycles. The Bertz CT molecular complexity index is 723. The highest BCUT2D eigenvalue weighted by Crippen LogP contribution is 2.25. The third-order valence-corrected chi connectivity index (χ3v) is 3.95. The number of halogens is 1. The van der Waals surface area contributed by atoms with E-state index < -0.39 is 0 Å². The molecule has 1 amide bonds. The van der Waals surface area contributed by atoms with Crippen LogP contribution in [0.4, 0.5) is 4.39 Å². The molecule has 0 spiro atoms. The number of carbonyl (C=O) groups is 1. The summed E-state index contributed by atoms with van der Waals surface area (Å²) < 4.78 is 24.8. The van der Waals surface area contributed by atoms with Gasteiger partial charge in [0, 0.05) is 12.8 Å². The molecule has 0 aliphatic carbocycles. The van der Waals surface area contributed by atoms with Crippen LogP contribution in [0, 0.1) is 5.82 Å². The Hall–Kier alpha value is -2.56. The van der Waals surface area contributed by atoms with Crippen molar-refractivity contribution in [2.24, 2.45) is 0 Å². The van der Waals surface area contributed by atoms with E-state index in [9.17, 15) is 9.18 Å². The van der Waals surface area contributed by atoms with Crippen LogP contribution in [0.15, 0.2) is 53.2 Å². The molecule has 3 rings (SSSR count). The molecule has 24 heavy (non-hydrogen) atoms. The maximum Gasteiger partial charge on any atom is 0.220 e. The molecule has 1 atom stereocenters. The lowest BCUT2D eigenvalue weighted by Crippen LogP contribution is -2.33. The SMILES string of the molecule is O=C(CCc1ccc(-c2ccccc2F)o1)NCC1CCC=CO1. The van der Waals surface area contributed by atoms with E-state index in [1.807, 2.05) is 6.08 Å². The van der Waals surface area contributed by atoms with E-state index in [0.29, 0.717) is 36.5 Å². The Balaban J connectivity index is 1.47. The molecule has 1 aliphatic heterocycles. The minimum absolute atomic E-state index is 0.0444. The third-order valence-electron chi connectivity index (χ3n) is 3.95. The van der Waals surface area contributed by atoms with E-state index >= 15 is 0 Å². The average molecular weight is 329 g/mol. The Morgan fingerprint density at radius 3 is 2.92 bits per heavy atom. The highest BCUT2D eigenvalue weighted by molar-refractivity contribution is 5.76. The van der Waals surface area contributed by atoms with Crippen LogP contribution in [0.2, 0.25) is 0 Å². The van der Waals surface area contributed by atoms with Gasteiger partial charge < -0.3 is 14.5 Å². The minimum atomic E-state index is -0.322. The van der Waals surface area contributed by atoms with Gasteiger partial charge in [-0.3, -0.25) is 4.79 Å². The van der Waals surface area contributed by atoms with Crippen LogP contribution in [-0.2, 0) is 16.0 Å². The van der Waals surface area contributed by atoms with Gasteiger partial charge in [-0.15, -0.1) is 0 Å². The number of allylic oxidation sites excluding steroid dienone is 1. The van der Waals surface area contributed by atoms with Gasteiger partial charge in [-0.1, -0.05) is 12.1 Å². The molecular weight excluding hydrogens is 309 g/mol. The molecule has 2 heterocycles. The maximum atomic E-state index is 13.7. The number of hydrogen-bond donors (Lipinski definition) is 1. The number of carbonyl (C=O) groups excluding carboxylic acids is 1. The van der Waals surface area contributed by atoms with Gasteiger partial charge in [0.05, 0.1) is 18.4 Å². The zero-order valence-electron chi connectivity index (χ0n) is 13.3. The normalized spacial score (nSPS) is 16.6. The van der Waals surface area contributed by atoms with Crippen LogP contribution in [0.5, 0.6) is 0 Å². The Labute approximate surface area is 140 Å². The van der Waals surface area contributed by atoms with E-state index in [4.69, 9.17) is 9.15 Å². The number of amides is 1. The zero-order chi connectivity index (χ0) is 16.8. The average Bonchev–Trinajstić information content (AvgIpc) is 3.08. The lowest BCUT2D eigenvalue weighted by atomic mass is 10.1. The van der Waals surface area contributed by atoms with Crippen LogP contribution in [0.25, 0.3) is 11.3 Å². The first-order chi connectivity index (χ1) is 11.7. The predicted molar refractivity (Wildman–Crippen MR) is 88.7 cm³/mol. The van der Waals surface area contributed by atoms with E-state index in [2.05, 4.69) is 5.32 Å². The lowest BCUT2D eigenvalue weighted by molar-refractivity contribution is -0.121. The minimum Gasteiger partial charge on any atom is -0.497 e. The molecule has 0 fully saturated rings. The van der Waals surface area contributed by atoms with Crippen LogP contribution >= 0.6 is 0 Å². The number of hydrogen-bond acceptors (Lipinski definition) is 3. The molecule has 2 aromatic rings. The van der Waals surface area contributed by atoms with Crippen LogP contribution < -0.4 is 5.32 Å². The fourth-order valence-electron chi connectivity index (χ4n) is 2.61.